The second-order valence-electron chi connectivity index (χ2n) is 4.91. The monoisotopic (exact) mass is 291 g/mol. The molecule has 2 aromatic rings. The summed E-state index contributed by atoms with van der Waals surface area (Å²) < 4.78 is 15.2. The molecule has 2 amide bonds. The number of rotatable bonds is 4. The molecule has 21 heavy (non-hydrogen) atoms. The largest absolute Gasteiger partial charge is 0.332 e. The standard InChI is InChI=1S/C14H18FN5O/c1-9(11-6-17-20(3)8-11)18-14(21)19-10(2)12-4-5-16-7-13(12)15/h4-10H,1-3H3,(H2,18,19,21)/t9-,10+/m0/s1. The van der Waals surface area contributed by atoms with Gasteiger partial charge in [0, 0.05) is 30.6 Å². The predicted molar refractivity (Wildman–Crippen MR) is 75.9 cm³/mol. The van der Waals surface area contributed by atoms with Gasteiger partial charge in [-0.25, -0.2) is 9.18 Å². The first-order valence-corrected chi connectivity index (χ1v) is 6.62. The Morgan fingerprint density at radius 2 is 2.00 bits per heavy atom. The molecule has 2 atom stereocenters. The van der Waals surface area contributed by atoms with Crippen LogP contribution in [-0.2, 0) is 7.05 Å². The van der Waals surface area contributed by atoms with E-state index in [9.17, 15) is 9.18 Å². The molecule has 2 rings (SSSR count). The highest BCUT2D eigenvalue weighted by Gasteiger charge is 2.16. The summed E-state index contributed by atoms with van der Waals surface area (Å²) in [4.78, 5) is 15.6. The van der Waals surface area contributed by atoms with E-state index in [0.717, 1.165) is 11.8 Å². The van der Waals surface area contributed by atoms with Crippen molar-refractivity contribution in [3.63, 3.8) is 0 Å². The van der Waals surface area contributed by atoms with Crippen LogP contribution in [0.15, 0.2) is 30.9 Å². The summed E-state index contributed by atoms with van der Waals surface area (Å²) in [6, 6.07) is 0.544. The average molecular weight is 291 g/mol. The van der Waals surface area contributed by atoms with Gasteiger partial charge in [-0.1, -0.05) is 0 Å². The Kier molecular flexibility index (Phi) is 4.52. The molecule has 7 heteroatoms. The fraction of sp³-hybridized carbons (Fsp3) is 0.357. The molecule has 0 spiro atoms. The van der Waals surface area contributed by atoms with Crippen molar-refractivity contribution in [2.75, 3.05) is 0 Å². The quantitative estimate of drug-likeness (QED) is 0.906. The summed E-state index contributed by atoms with van der Waals surface area (Å²) in [5.41, 5.74) is 1.30. The number of carbonyl (C=O) groups is 1. The van der Waals surface area contributed by atoms with Crippen molar-refractivity contribution in [1.29, 1.82) is 0 Å². The van der Waals surface area contributed by atoms with Crippen molar-refractivity contribution < 1.29 is 9.18 Å². The average Bonchev–Trinajstić information content (AvgIpc) is 2.85. The number of nitrogens with zero attached hydrogens (tertiary/aromatic N) is 3. The second kappa shape index (κ2) is 6.34. The van der Waals surface area contributed by atoms with Crippen LogP contribution in [0, 0.1) is 5.82 Å². The van der Waals surface area contributed by atoms with E-state index in [2.05, 4.69) is 20.7 Å². The smallest absolute Gasteiger partial charge is 0.315 e. The number of nitrogens with one attached hydrogen (secondary N) is 2. The Balaban J connectivity index is 1.94. The molecule has 2 N–H and O–H groups in total. The van der Waals surface area contributed by atoms with Gasteiger partial charge in [-0.2, -0.15) is 5.10 Å². The molecule has 2 heterocycles. The highest BCUT2D eigenvalue weighted by atomic mass is 19.1. The maximum Gasteiger partial charge on any atom is 0.315 e. The molecule has 0 aliphatic carbocycles. The fourth-order valence-corrected chi connectivity index (χ4v) is 2.00. The van der Waals surface area contributed by atoms with Gasteiger partial charge in [-0.05, 0) is 19.9 Å². The summed E-state index contributed by atoms with van der Waals surface area (Å²) in [5, 5.41) is 9.54. The Morgan fingerprint density at radius 1 is 1.29 bits per heavy atom. The third-order valence-corrected chi connectivity index (χ3v) is 3.19. The van der Waals surface area contributed by atoms with Gasteiger partial charge in [0.2, 0.25) is 0 Å². The van der Waals surface area contributed by atoms with Crippen molar-refractivity contribution in [3.05, 3.63) is 47.8 Å². The highest BCUT2D eigenvalue weighted by Crippen LogP contribution is 2.15. The maximum atomic E-state index is 13.6. The van der Waals surface area contributed by atoms with E-state index in [4.69, 9.17) is 0 Å². The summed E-state index contributed by atoms with van der Waals surface area (Å²) >= 11 is 0. The first kappa shape index (κ1) is 15.0. The van der Waals surface area contributed by atoms with Crippen molar-refractivity contribution in [1.82, 2.24) is 25.4 Å². The predicted octanol–water partition coefficient (Wildman–Crippen LogP) is 2.08. The molecule has 0 fully saturated rings. The number of carbonyl (C=O) groups excluding carboxylic acids is 1. The lowest BCUT2D eigenvalue weighted by atomic mass is 10.1. The van der Waals surface area contributed by atoms with Crippen LogP contribution in [0.1, 0.15) is 37.1 Å². The molecule has 0 aliphatic heterocycles. The summed E-state index contributed by atoms with van der Waals surface area (Å²) in [5.74, 6) is -0.439. The minimum Gasteiger partial charge on any atom is -0.332 e. The molecular weight excluding hydrogens is 273 g/mol. The lowest BCUT2D eigenvalue weighted by molar-refractivity contribution is 0.234. The van der Waals surface area contributed by atoms with Gasteiger partial charge in [0.15, 0.2) is 0 Å². The van der Waals surface area contributed by atoms with Crippen molar-refractivity contribution in [3.8, 4) is 0 Å². The zero-order valence-electron chi connectivity index (χ0n) is 12.2. The van der Waals surface area contributed by atoms with Gasteiger partial charge in [-0.3, -0.25) is 9.67 Å². The number of amides is 2. The molecule has 0 aliphatic rings. The molecule has 0 aromatic carbocycles. The van der Waals surface area contributed by atoms with Gasteiger partial charge in [0.1, 0.15) is 5.82 Å². The Bertz CT molecular complexity index is 627. The molecule has 0 bridgehead atoms. The Labute approximate surface area is 122 Å². The van der Waals surface area contributed by atoms with E-state index in [-0.39, 0.29) is 12.1 Å². The van der Waals surface area contributed by atoms with Gasteiger partial charge in [-0.15, -0.1) is 0 Å². The normalized spacial score (nSPS) is 13.5. The van der Waals surface area contributed by atoms with Crippen LogP contribution in [0.5, 0.6) is 0 Å². The number of hydrogen-bond acceptors (Lipinski definition) is 3. The van der Waals surface area contributed by atoms with Crippen LogP contribution >= 0.6 is 0 Å². The fourth-order valence-electron chi connectivity index (χ4n) is 2.00. The number of aromatic nitrogens is 3. The van der Waals surface area contributed by atoms with Crippen molar-refractivity contribution in [2.45, 2.75) is 25.9 Å². The van der Waals surface area contributed by atoms with Crippen molar-refractivity contribution in [2.24, 2.45) is 7.05 Å². The van der Waals surface area contributed by atoms with E-state index < -0.39 is 11.9 Å². The number of aryl methyl sites for hydroxylation is 1. The van der Waals surface area contributed by atoms with E-state index in [0.29, 0.717) is 5.56 Å². The molecule has 0 unspecified atom stereocenters. The summed E-state index contributed by atoms with van der Waals surface area (Å²) in [7, 11) is 1.81. The minimum atomic E-state index is -0.450. The van der Waals surface area contributed by atoms with Crippen LogP contribution < -0.4 is 10.6 Å². The Hall–Kier alpha value is -2.44. The van der Waals surface area contributed by atoms with Gasteiger partial charge in [0.25, 0.3) is 0 Å². The van der Waals surface area contributed by atoms with Crippen LogP contribution in [0.4, 0.5) is 9.18 Å². The third kappa shape index (κ3) is 3.77. The number of hydrogen-bond donors (Lipinski definition) is 2. The van der Waals surface area contributed by atoms with Crippen LogP contribution in [0.2, 0.25) is 0 Å². The highest BCUT2D eigenvalue weighted by molar-refractivity contribution is 5.74. The van der Waals surface area contributed by atoms with Crippen molar-refractivity contribution >= 4 is 6.03 Å². The van der Waals surface area contributed by atoms with E-state index in [1.807, 2.05) is 20.2 Å². The summed E-state index contributed by atoms with van der Waals surface area (Å²) in [6.45, 7) is 3.57. The molecule has 2 aromatic heterocycles. The van der Waals surface area contributed by atoms with Crippen LogP contribution in [0.25, 0.3) is 0 Å². The maximum absolute atomic E-state index is 13.6. The second-order valence-corrected chi connectivity index (χ2v) is 4.91. The van der Waals surface area contributed by atoms with E-state index >= 15 is 0 Å². The summed E-state index contributed by atoms with van der Waals surface area (Å²) in [6.07, 6.45) is 6.14. The Morgan fingerprint density at radius 3 is 2.62 bits per heavy atom. The SMILES string of the molecule is C[C@H](NC(=O)N[C@H](C)c1ccncc1F)c1cnn(C)c1. The molecule has 0 saturated carbocycles. The van der Waals surface area contributed by atoms with Gasteiger partial charge >= 0.3 is 6.03 Å². The zero-order chi connectivity index (χ0) is 15.4. The number of pyridine rings is 1. The van der Waals surface area contributed by atoms with Crippen LogP contribution in [0.3, 0.4) is 0 Å². The molecule has 6 nitrogen and oxygen atoms in total. The number of halogens is 1. The first-order chi connectivity index (χ1) is 9.97. The van der Waals surface area contributed by atoms with Crippen LogP contribution in [-0.4, -0.2) is 20.8 Å². The van der Waals surface area contributed by atoms with Gasteiger partial charge < -0.3 is 10.6 Å². The lowest BCUT2D eigenvalue weighted by Gasteiger charge is -2.18. The zero-order valence-corrected chi connectivity index (χ0v) is 12.2. The lowest BCUT2D eigenvalue weighted by Crippen LogP contribution is -2.38. The molecule has 0 radical (unpaired) electrons. The minimum absolute atomic E-state index is 0.187. The topological polar surface area (TPSA) is 71.8 Å². The first-order valence-electron chi connectivity index (χ1n) is 6.62. The van der Waals surface area contributed by atoms with E-state index in [1.165, 1.54) is 6.20 Å². The number of urea groups is 1. The molecule has 0 saturated heterocycles. The third-order valence-electron chi connectivity index (χ3n) is 3.19. The molecule has 112 valence electrons. The molecular formula is C14H18FN5O. The van der Waals surface area contributed by atoms with E-state index in [1.54, 1.807) is 23.9 Å². The van der Waals surface area contributed by atoms with Gasteiger partial charge in [0.05, 0.1) is 24.5 Å².